The van der Waals surface area contributed by atoms with Crippen molar-refractivity contribution in [3.63, 3.8) is 0 Å². The van der Waals surface area contributed by atoms with Crippen LogP contribution < -0.4 is 5.11 Å². The van der Waals surface area contributed by atoms with Crippen LogP contribution in [0.4, 0.5) is 0 Å². The van der Waals surface area contributed by atoms with Gasteiger partial charge in [-0.15, -0.1) is 0 Å². The molecule has 0 spiro atoms. The van der Waals surface area contributed by atoms with Crippen molar-refractivity contribution in [2.24, 2.45) is 0 Å². The Morgan fingerprint density at radius 3 is 2.05 bits per heavy atom. The highest BCUT2D eigenvalue weighted by atomic mass is 16.5. The van der Waals surface area contributed by atoms with Crippen molar-refractivity contribution < 1.29 is 33.8 Å². The first-order chi connectivity index (χ1) is 8.46. The second-order valence-electron chi connectivity index (χ2n) is 5.13. The van der Waals surface area contributed by atoms with Crippen LogP contribution in [0.1, 0.15) is 13.3 Å². The topological polar surface area (TPSA) is 104 Å². The van der Waals surface area contributed by atoms with E-state index in [-0.39, 0.29) is 12.2 Å². The molecule has 0 aliphatic heterocycles. The van der Waals surface area contributed by atoms with Crippen LogP contribution in [0.3, 0.4) is 0 Å². The molecule has 0 saturated heterocycles. The van der Waals surface area contributed by atoms with Gasteiger partial charge in [-0.1, -0.05) is 6.58 Å². The van der Waals surface area contributed by atoms with Gasteiger partial charge in [-0.2, -0.15) is 0 Å². The van der Waals surface area contributed by atoms with Gasteiger partial charge in [-0.3, -0.25) is 0 Å². The Morgan fingerprint density at radius 1 is 1.32 bits per heavy atom. The van der Waals surface area contributed by atoms with Gasteiger partial charge in [0.25, 0.3) is 0 Å². The van der Waals surface area contributed by atoms with Crippen LogP contribution >= 0.6 is 0 Å². The zero-order chi connectivity index (χ0) is 15.4. The number of rotatable bonds is 7. The summed E-state index contributed by atoms with van der Waals surface area (Å²) in [6, 6.07) is 0. The number of nitrogens with zero attached hydrogens (tertiary/aromatic N) is 1. The van der Waals surface area contributed by atoms with Crippen molar-refractivity contribution in [3.05, 3.63) is 12.2 Å². The lowest BCUT2D eigenvalue weighted by molar-refractivity contribution is -0.907. The normalized spacial score (nSPS) is 14.3. The number of esters is 1. The Balaban J connectivity index is 5.10. The van der Waals surface area contributed by atoms with Crippen LogP contribution in [0.25, 0.3) is 0 Å². The summed E-state index contributed by atoms with van der Waals surface area (Å²) in [4.78, 5) is 33.8. The Bertz CT molecular complexity index is 393. The lowest BCUT2D eigenvalue weighted by Gasteiger charge is -2.43. The van der Waals surface area contributed by atoms with E-state index in [4.69, 9.17) is 4.74 Å². The van der Waals surface area contributed by atoms with E-state index in [0.29, 0.717) is 0 Å². The van der Waals surface area contributed by atoms with Crippen molar-refractivity contribution in [1.82, 2.24) is 0 Å². The fraction of sp³-hybridized carbons (Fsp3) is 0.583. The summed E-state index contributed by atoms with van der Waals surface area (Å²) in [5.41, 5.74) is -2.03. The maximum atomic E-state index is 11.3. The van der Waals surface area contributed by atoms with Crippen LogP contribution in [0.15, 0.2) is 12.2 Å². The number of likely N-dealkylation sites (N-methyl/N-ethyl adjacent to an activating group) is 1. The summed E-state index contributed by atoms with van der Waals surface area (Å²) < 4.78 is 4.36. The van der Waals surface area contributed by atoms with E-state index in [9.17, 15) is 24.6 Å². The molecule has 19 heavy (non-hydrogen) atoms. The van der Waals surface area contributed by atoms with Gasteiger partial charge >= 0.3 is 11.9 Å². The molecule has 1 N–H and O–H groups in total. The van der Waals surface area contributed by atoms with Gasteiger partial charge in [0.1, 0.15) is 5.97 Å². The molecule has 0 radical (unpaired) electrons. The molecule has 0 saturated carbocycles. The molecule has 0 aromatic carbocycles. The van der Waals surface area contributed by atoms with Crippen LogP contribution in [0.2, 0.25) is 0 Å². The second-order valence-corrected chi connectivity index (χ2v) is 5.13. The molecule has 0 aromatic heterocycles. The zero-order valence-electron chi connectivity index (χ0n) is 11.6. The highest BCUT2D eigenvalue weighted by Gasteiger charge is 2.52. The van der Waals surface area contributed by atoms with Crippen molar-refractivity contribution in [2.75, 3.05) is 27.7 Å². The van der Waals surface area contributed by atoms with Gasteiger partial charge in [0.05, 0.1) is 34.2 Å². The predicted molar refractivity (Wildman–Crippen MR) is 63.8 cm³/mol. The third-order valence-electron chi connectivity index (χ3n) is 2.88. The number of hydrogen-bond donors (Lipinski definition) is 1. The van der Waals surface area contributed by atoms with E-state index < -0.39 is 34.4 Å². The number of ether oxygens (including phenoxy) is 1. The average Bonchev–Trinajstić information content (AvgIpc) is 2.20. The van der Waals surface area contributed by atoms with Crippen molar-refractivity contribution in [2.45, 2.75) is 18.9 Å². The maximum Gasteiger partial charge on any atom is 0.372 e. The first-order valence-electron chi connectivity index (χ1n) is 5.56. The first kappa shape index (κ1) is 17.1. The number of carboxylic acid groups (broad SMARTS) is 2. The Hall–Kier alpha value is -1.89. The summed E-state index contributed by atoms with van der Waals surface area (Å²) in [7, 11) is 4.26. The minimum absolute atomic E-state index is 0.152. The van der Waals surface area contributed by atoms with E-state index >= 15 is 0 Å². The van der Waals surface area contributed by atoms with E-state index in [1.807, 2.05) is 0 Å². The molecule has 0 aliphatic carbocycles. The van der Waals surface area contributed by atoms with Gasteiger partial charge in [0, 0.05) is 5.57 Å². The van der Waals surface area contributed by atoms with Gasteiger partial charge in [-0.25, -0.2) is 9.59 Å². The van der Waals surface area contributed by atoms with Crippen molar-refractivity contribution >= 4 is 17.9 Å². The third-order valence-corrected chi connectivity index (χ3v) is 2.88. The van der Waals surface area contributed by atoms with Crippen LogP contribution in [-0.4, -0.2) is 60.8 Å². The molecule has 0 amide bonds. The number of hydrogen-bond acceptors (Lipinski definition) is 5. The van der Waals surface area contributed by atoms with E-state index in [1.54, 1.807) is 0 Å². The third kappa shape index (κ3) is 3.54. The monoisotopic (exact) mass is 273 g/mol. The number of aliphatic carboxylic acids is 2. The molecule has 0 aromatic rings. The molecule has 0 aliphatic rings. The summed E-state index contributed by atoms with van der Waals surface area (Å²) in [6.45, 7) is 4.46. The maximum absolute atomic E-state index is 11.3. The van der Waals surface area contributed by atoms with Gasteiger partial charge in [0.2, 0.25) is 5.54 Å². The van der Waals surface area contributed by atoms with Crippen molar-refractivity contribution in [1.29, 1.82) is 0 Å². The van der Waals surface area contributed by atoms with E-state index in [0.717, 1.165) is 0 Å². The first-order valence-corrected chi connectivity index (χ1v) is 5.56. The Labute approximate surface area is 111 Å². The molecule has 0 fully saturated rings. The predicted octanol–water partition coefficient (Wildman–Crippen LogP) is -1.22. The van der Waals surface area contributed by atoms with Crippen molar-refractivity contribution in [3.8, 4) is 0 Å². The van der Waals surface area contributed by atoms with Gasteiger partial charge in [-0.05, 0) is 6.92 Å². The van der Waals surface area contributed by atoms with Crippen LogP contribution in [0, 0.1) is 0 Å². The number of quaternary nitrogens is 1. The molecule has 1 unspecified atom stereocenters. The molecule has 7 heteroatoms. The fourth-order valence-electron chi connectivity index (χ4n) is 1.61. The summed E-state index contributed by atoms with van der Waals surface area (Å²) in [5, 5.41) is 20.5. The molecule has 1 atom stereocenters. The zero-order valence-corrected chi connectivity index (χ0v) is 11.6. The summed E-state index contributed by atoms with van der Waals surface area (Å²) >= 11 is 0. The van der Waals surface area contributed by atoms with Gasteiger partial charge < -0.3 is 24.2 Å². The minimum Gasteiger partial charge on any atom is -0.543 e. The fourth-order valence-corrected chi connectivity index (χ4v) is 1.61. The van der Waals surface area contributed by atoms with Crippen LogP contribution in [0.5, 0.6) is 0 Å². The SMILES string of the molecule is C=C(C)C(=O)OCCC(C(=O)[O-])(C(=O)O)[N+](C)(C)C. The molecule has 0 heterocycles. The number of carbonyl (C=O) groups is 3. The lowest BCUT2D eigenvalue weighted by atomic mass is 9.92. The molecular formula is C12H19NO6. The minimum atomic E-state index is -2.19. The largest absolute Gasteiger partial charge is 0.543 e. The van der Waals surface area contributed by atoms with E-state index in [1.165, 1.54) is 28.1 Å². The quantitative estimate of drug-likeness (QED) is 0.270. The molecule has 7 nitrogen and oxygen atoms in total. The van der Waals surface area contributed by atoms with Gasteiger partial charge in [0.15, 0.2) is 0 Å². The molecule has 108 valence electrons. The number of carboxylic acids is 2. The standard InChI is InChI=1S/C12H19NO6/c1-8(2)9(14)19-7-6-12(10(15)16,11(17)18)13(3,4)5/h1,6-7H2,2-5H3,(H-,15,16,17,18). The summed E-state index contributed by atoms with van der Waals surface area (Å²) in [5.74, 6) is -3.95. The second kappa shape index (κ2) is 5.83. The highest BCUT2D eigenvalue weighted by molar-refractivity contribution is 6.00. The lowest BCUT2D eigenvalue weighted by Crippen LogP contribution is -2.70. The summed E-state index contributed by atoms with van der Waals surface area (Å²) in [6.07, 6.45) is -0.396. The molecular weight excluding hydrogens is 254 g/mol. The Kier molecular flexibility index (Phi) is 5.25. The molecule has 0 bridgehead atoms. The smallest absolute Gasteiger partial charge is 0.372 e. The molecule has 0 rings (SSSR count). The van der Waals surface area contributed by atoms with Crippen LogP contribution in [-0.2, 0) is 19.1 Å². The van der Waals surface area contributed by atoms with E-state index in [2.05, 4.69) is 6.58 Å². The number of carbonyl (C=O) groups excluding carboxylic acids is 2. The average molecular weight is 273 g/mol. The highest BCUT2D eigenvalue weighted by Crippen LogP contribution is 2.23. The Morgan fingerprint density at radius 2 is 1.79 bits per heavy atom.